The monoisotopic (exact) mass is 214 g/mol. The van der Waals surface area contributed by atoms with Gasteiger partial charge in [-0.05, 0) is 25.8 Å². The summed E-state index contributed by atoms with van der Waals surface area (Å²) in [4.78, 5) is 3.13. The van der Waals surface area contributed by atoms with Crippen LogP contribution in [0.1, 0.15) is 45.4 Å². The van der Waals surface area contributed by atoms with Gasteiger partial charge in [0.15, 0.2) is 0 Å². The molecule has 3 heteroatoms. The molecule has 1 aliphatic rings. The molecule has 1 rings (SSSR count). The summed E-state index contributed by atoms with van der Waals surface area (Å²) in [5.74, 6) is 0. The lowest BCUT2D eigenvalue weighted by atomic mass is 10.2. The lowest BCUT2D eigenvalue weighted by molar-refractivity contribution is 0.224. The average molecular weight is 214 g/mol. The van der Waals surface area contributed by atoms with E-state index in [2.05, 4.69) is 11.8 Å². The third-order valence-corrected chi connectivity index (χ3v) is 3.13. The van der Waals surface area contributed by atoms with Gasteiger partial charge in [-0.3, -0.25) is 4.90 Å². The number of nitrogens with two attached hydrogens (primary N) is 1. The van der Waals surface area contributed by atoms with E-state index in [9.17, 15) is 0 Å². The van der Waals surface area contributed by atoms with Crippen LogP contribution < -0.4 is 5.73 Å². The molecule has 82 valence electrons. The van der Waals surface area contributed by atoms with Gasteiger partial charge >= 0.3 is 0 Å². The Balaban J connectivity index is 2.37. The Hall–Kier alpha value is -0.150. The Morgan fingerprint density at radius 3 is 2.57 bits per heavy atom. The van der Waals surface area contributed by atoms with E-state index in [4.69, 9.17) is 18.0 Å². The zero-order valence-corrected chi connectivity index (χ0v) is 9.98. The summed E-state index contributed by atoms with van der Waals surface area (Å²) in [6.07, 6.45) is 7.95. The van der Waals surface area contributed by atoms with Crippen LogP contribution in [0.2, 0.25) is 0 Å². The van der Waals surface area contributed by atoms with E-state index in [0.717, 1.165) is 12.6 Å². The third kappa shape index (κ3) is 3.93. The van der Waals surface area contributed by atoms with Crippen molar-refractivity contribution in [3.63, 3.8) is 0 Å². The second-order valence-corrected chi connectivity index (χ2v) is 4.75. The van der Waals surface area contributed by atoms with E-state index in [1.807, 2.05) is 0 Å². The minimum absolute atomic E-state index is 0.646. The van der Waals surface area contributed by atoms with Crippen LogP contribution in [0, 0.1) is 0 Å². The van der Waals surface area contributed by atoms with Crippen molar-refractivity contribution in [2.24, 2.45) is 5.73 Å². The molecule has 0 saturated heterocycles. The van der Waals surface area contributed by atoms with E-state index in [1.165, 1.54) is 45.1 Å². The molecule has 1 aliphatic carbocycles. The maximum absolute atomic E-state index is 5.62. The second-order valence-electron chi connectivity index (χ2n) is 4.23. The first-order valence-electron chi connectivity index (χ1n) is 5.76. The van der Waals surface area contributed by atoms with Crippen LogP contribution in [-0.2, 0) is 0 Å². The van der Waals surface area contributed by atoms with Crippen molar-refractivity contribution in [3.05, 3.63) is 0 Å². The van der Waals surface area contributed by atoms with Gasteiger partial charge in [-0.1, -0.05) is 38.4 Å². The van der Waals surface area contributed by atoms with Crippen LogP contribution in [0.3, 0.4) is 0 Å². The summed E-state index contributed by atoms with van der Waals surface area (Å²) in [6.45, 7) is 4.21. The summed E-state index contributed by atoms with van der Waals surface area (Å²) < 4.78 is 0. The highest BCUT2D eigenvalue weighted by Gasteiger charge is 2.22. The highest BCUT2D eigenvalue weighted by atomic mass is 32.1. The molecule has 0 atom stereocenters. The largest absolute Gasteiger partial charge is 0.392 e. The zero-order chi connectivity index (χ0) is 10.4. The summed E-state index contributed by atoms with van der Waals surface area (Å²) >= 11 is 4.99. The molecule has 0 aliphatic heterocycles. The quantitative estimate of drug-likeness (QED) is 0.688. The predicted molar refractivity (Wildman–Crippen MR) is 65.5 cm³/mol. The van der Waals surface area contributed by atoms with Gasteiger partial charge in [-0.25, -0.2) is 0 Å². The number of unbranched alkanes of at least 4 members (excludes halogenated alkanes) is 1. The first kappa shape index (κ1) is 11.9. The van der Waals surface area contributed by atoms with Crippen molar-refractivity contribution >= 4 is 17.2 Å². The summed E-state index contributed by atoms with van der Waals surface area (Å²) in [6, 6.07) is 0.753. The van der Waals surface area contributed by atoms with Crippen LogP contribution in [0.5, 0.6) is 0 Å². The number of nitrogens with zero attached hydrogens (tertiary/aromatic N) is 1. The molecule has 1 fully saturated rings. The molecular formula is C11H22N2S. The molecule has 0 amide bonds. The number of thiocarbonyl (C=S) groups is 1. The Morgan fingerprint density at radius 2 is 2.07 bits per heavy atom. The number of rotatable bonds is 6. The van der Waals surface area contributed by atoms with Crippen molar-refractivity contribution in [3.8, 4) is 0 Å². The van der Waals surface area contributed by atoms with E-state index in [1.54, 1.807) is 0 Å². The molecule has 0 bridgehead atoms. The molecule has 2 N–H and O–H groups in total. The van der Waals surface area contributed by atoms with Gasteiger partial charge in [-0.2, -0.15) is 0 Å². The van der Waals surface area contributed by atoms with E-state index in [0.29, 0.717) is 4.99 Å². The molecule has 0 heterocycles. The van der Waals surface area contributed by atoms with Crippen molar-refractivity contribution in [1.29, 1.82) is 0 Å². The van der Waals surface area contributed by atoms with Gasteiger partial charge < -0.3 is 5.73 Å². The minimum atomic E-state index is 0.646. The standard InChI is InChI=1S/C11H22N2S/c1-2-3-8-13(9-11(12)14)10-6-4-5-7-10/h10H,2-9H2,1H3,(H2,12,14). The highest BCUT2D eigenvalue weighted by Crippen LogP contribution is 2.23. The van der Waals surface area contributed by atoms with Gasteiger partial charge in [0.2, 0.25) is 0 Å². The smallest absolute Gasteiger partial charge is 0.0870 e. The first-order valence-corrected chi connectivity index (χ1v) is 6.17. The molecule has 0 aromatic heterocycles. The van der Waals surface area contributed by atoms with E-state index >= 15 is 0 Å². The number of hydrogen-bond acceptors (Lipinski definition) is 2. The maximum atomic E-state index is 5.62. The van der Waals surface area contributed by atoms with Crippen molar-refractivity contribution < 1.29 is 0 Å². The van der Waals surface area contributed by atoms with Crippen molar-refractivity contribution in [2.75, 3.05) is 13.1 Å². The van der Waals surface area contributed by atoms with Crippen LogP contribution in [0.15, 0.2) is 0 Å². The van der Waals surface area contributed by atoms with Gasteiger partial charge in [0, 0.05) is 12.6 Å². The van der Waals surface area contributed by atoms with Crippen LogP contribution in [-0.4, -0.2) is 29.0 Å². The van der Waals surface area contributed by atoms with Gasteiger partial charge in [0.1, 0.15) is 0 Å². The first-order chi connectivity index (χ1) is 6.74. The Labute approximate surface area is 92.8 Å². The molecule has 0 unspecified atom stereocenters. The van der Waals surface area contributed by atoms with E-state index < -0.39 is 0 Å². The normalized spacial score (nSPS) is 17.9. The molecule has 0 aromatic rings. The fourth-order valence-corrected chi connectivity index (χ4v) is 2.39. The van der Waals surface area contributed by atoms with Crippen LogP contribution in [0.25, 0.3) is 0 Å². The molecule has 0 aromatic carbocycles. The van der Waals surface area contributed by atoms with Crippen LogP contribution >= 0.6 is 12.2 Å². The lowest BCUT2D eigenvalue weighted by Crippen LogP contribution is -2.39. The Bertz CT molecular complexity index is 176. The minimum Gasteiger partial charge on any atom is -0.392 e. The molecule has 14 heavy (non-hydrogen) atoms. The van der Waals surface area contributed by atoms with Crippen LogP contribution in [0.4, 0.5) is 0 Å². The lowest BCUT2D eigenvalue weighted by Gasteiger charge is -2.28. The second kappa shape index (κ2) is 6.36. The predicted octanol–water partition coefficient (Wildman–Crippen LogP) is 2.32. The van der Waals surface area contributed by atoms with Gasteiger partial charge in [0.25, 0.3) is 0 Å². The molecular weight excluding hydrogens is 192 g/mol. The summed E-state index contributed by atoms with van der Waals surface area (Å²) in [7, 11) is 0. The zero-order valence-electron chi connectivity index (χ0n) is 9.17. The highest BCUT2D eigenvalue weighted by molar-refractivity contribution is 7.80. The molecule has 0 spiro atoms. The Morgan fingerprint density at radius 1 is 1.43 bits per heavy atom. The maximum Gasteiger partial charge on any atom is 0.0870 e. The molecule has 0 radical (unpaired) electrons. The SMILES string of the molecule is CCCCN(CC(N)=S)C1CCCC1. The van der Waals surface area contributed by atoms with Gasteiger partial charge in [0.05, 0.1) is 4.99 Å². The topological polar surface area (TPSA) is 29.3 Å². The fourth-order valence-electron chi connectivity index (χ4n) is 2.22. The summed E-state index contributed by atoms with van der Waals surface area (Å²) in [5.41, 5.74) is 5.62. The molecule has 1 saturated carbocycles. The average Bonchev–Trinajstić information content (AvgIpc) is 2.64. The van der Waals surface area contributed by atoms with E-state index in [-0.39, 0.29) is 0 Å². The van der Waals surface area contributed by atoms with Gasteiger partial charge in [-0.15, -0.1) is 0 Å². The van der Waals surface area contributed by atoms with Crippen molar-refractivity contribution in [2.45, 2.75) is 51.5 Å². The number of hydrogen-bond donors (Lipinski definition) is 1. The fraction of sp³-hybridized carbons (Fsp3) is 0.909. The third-order valence-electron chi connectivity index (χ3n) is 3.00. The Kier molecular flexibility index (Phi) is 5.41. The molecule has 2 nitrogen and oxygen atoms in total. The van der Waals surface area contributed by atoms with Crippen molar-refractivity contribution in [1.82, 2.24) is 4.90 Å². The summed E-state index contributed by atoms with van der Waals surface area (Å²) in [5, 5.41) is 0.